The fourth-order valence-corrected chi connectivity index (χ4v) is 7.34. The van der Waals surface area contributed by atoms with Crippen molar-refractivity contribution in [2.24, 2.45) is 0 Å². The molecule has 9 rings (SSSR count). The summed E-state index contributed by atoms with van der Waals surface area (Å²) in [5.41, 5.74) is 10.8. The summed E-state index contributed by atoms with van der Waals surface area (Å²) in [4.78, 5) is 0. The van der Waals surface area contributed by atoms with E-state index < -0.39 is 0 Å². The minimum Gasteiger partial charge on any atom is -0.456 e. The summed E-state index contributed by atoms with van der Waals surface area (Å²) in [6.07, 6.45) is 0. The Hall–Kier alpha value is -4.82. The number of fused-ring (bicyclic) bond motifs is 13. The van der Waals surface area contributed by atoms with Crippen LogP contribution in [0.15, 0.2) is 120 Å². The first kappa shape index (κ1) is 21.2. The molecule has 0 spiro atoms. The summed E-state index contributed by atoms with van der Waals surface area (Å²) in [5, 5.41) is 7.56. The molecule has 8 aromatic rings. The Morgan fingerprint density at radius 3 is 2.13 bits per heavy atom. The molecule has 0 fully saturated rings. The van der Waals surface area contributed by atoms with Crippen molar-refractivity contribution in [2.45, 2.75) is 19.3 Å². The number of nitrogens with zero attached hydrogens (tertiary/aromatic N) is 1. The van der Waals surface area contributed by atoms with Crippen molar-refractivity contribution < 1.29 is 4.42 Å². The largest absolute Gasteiger partial charge is 0.456 e. The van der Waals surface area contributed by atoms with E-state index in [1.54, 1.807) is 0 Å². The predicted octanol–water partition coefficient (Wildman–Crippen LogP) is 10.1. The van der Waals surface area contributed by atoms with Crippen LogP contribution in [0.3, 0.4) is 0 Å². The van der Waals surface area contributed by atoms with Crippen molar-refractivity contribution >= 4 is 54.5 Å². The lowest BCUT2D eigenvalue weighted by Crippen LogP contribution is -2.15. The number of hydrogen-bond acceptors (Lipinski definition) is 1. The molecule has 1 aliphatic rings. The molecule has 0 aliphatic heterocycles. The van der Waals surface area contributed by atoms with E-state index in [1.807, 2.05) is 12.1 Å². The van der Waals surface area contributed by atoms with E-state index in [4.69, 9.17) is 4.42 Å². The van der Waals surface area contributed by atoms with Crippen LogP contribution in [0, 0.1) is 0 Å². The predicted molar refractivity (Wildman–Crippen MR) is 163 cm³/mol. The first-order valence-corrected chi connectivity index (χ1v) is 13.6. The zero-order valence-electron chi connectivity index (χ0n) is 21.8. The van der Waals surface area contributed by atoms with E-state index in [9.17, 15) is 0 Å². The monoisotopic (exact) mass is 499 g/mol. The second-order valence-electron chi connectivity index (χ2n) is 11.3. The highest BCUT2D eigenvalue weighted by Gasteiger charge is 2.39. The van der Waals surface area contributed by atoms with E-state index in [1.165, 1.54) is 54.8 Å². The van der Waals surface area contributed by atoms with Crippen LogP contribution in [0.1, 0.15) is 25.0 Å². The Morgan fingerprint density at radius 1 is 0.590 bits per heavy atom. The average molecular weight is 500 g/mol. The average Bonchev–Trinajstić information content (AvgIpc) is 3.59. The molecule has 0 bridgehead atoms. The molecule has 2 heteroatoms. The number of para-hydroxylation sites is 2. The topological polar surface area (TPSA) is 18.1 Å². The van der Waals surface area contributed by atoms with Crippen LogP contribution in [-0.4, -0.2) is 4.57 Å². The zero-order valence-corrected chi connectivity index (χ0v) is 21.8. The molecular weight excluding hydrogens is 474 g/mol. The molecule has 0 saturated heterocycles. The van der Waals surface area contributed by atoms with E-state index in [0.29, 0.717) is 0 Å². The summed E-state index contributed by atoms with van der Waals surface area (Å²) in [7, 11) is 0. The molecule has 0 unspecified atom stereocenters. The van der Waals surface area contributed by atoms with E-state index >= 15 is 0 Å². The normalized spacial score (nSPS) is 14.1. The van der Waals surface area contributed by atoms with Crippen LogP contribution < -0.4 is 0 Å². The van der Waals surface area contributed by atoms with Crippen molar-refractivity contribution in [2.75, 3.05) is 0 Å². The fourth-order valence-electron chi connectivity index (χ4n) is 7.34. The highest BCUT2D eigenvalue weighted by Crippen LogP contribution is 2.56. The van der Waals surface area contributed by atoms with Crippen LogP contribution in [0.25, 0.3) is 71.3 Å². The highest BCUT2D eigenvalue weighted by molar-refractivity contribution is 6.27. The smallest absolute Gasteiger partial charge is 0.137 e. The van der Waals surface area contributed by atoms with Gasteiger partial charge in [0.25, 0.3) is 0 Å². The SMILES string of the molecule is CC1(C)c2ccccc2-c2c1c1ccccc1c1c3ccccc3n(-c3ccc4c(c3)oc3ccccc34)c21. The van der Waals surface area contributed by atoms with Gasteiger partial charge in [0.15, 0.2) is 0 Å². The van der Waals surface area contributed by atoms with Gasteiger partial charge in [-0.25, -0.2) is 0 Å². The van der Waals surface area contributed by atoms with Gasteiger partial charge in [0, 0.05) is 44.3 Å². The molecule has 1 aliphatic carbocycles. The first-order chi connectivity index (χ1) is 19.1. The molecule has 39 heavy (non-hydrogen) atoms. The van der Waals surface area contributed by atoms with Crippen molar-refractivity contribution in [3.8, 4) is 16.8 Å². The second-order valence-corrected chi connectivity index (χ2v) is 11.3. The number of aromatic nitrogens is 1. The molecule has 0 amide bonds. The van der Waals surface area contributed by atoms with Crippen molar-refractivity contribution in [3.05, 3.63) is 126 Å². The Balaban J connectivity index is 1.53. The van der Waals surface area contributed by atoms with Gasteiger partial charge < -0.3 is 8.98 Å². The van der Waals surface area contributed by atoms with Crippen LogP contribution in [0.4, 0.5) is 0 Å². The second kappa shape index (κ2) is 7.18. The molecular formula is C37H25NO. The quantitative estimate of drug-likeness (QED) is 0.220. The van der Waals surface area contributed by atoms with Crippen molar-refractivity contribution in [3.63, 3.8) is 0 Å². The zero-order chi connectivity index (χ0) is 25.9. The van der Waals surface area contributed by atoms with Crippen LogP contribution in [-0.2, 0) is 5.41 Å². The van der Waals surface area contributed by atoms with Crippen LogP contribution in [0.5, 0.6) is 0 Å². The van der Waals surface area contributed by atoms with Gasteiger partial charge in [-0.15, -0.1) is 0 Å². The Kier molecular flexibility index (Phi) is 3.89. The summed E-state index contributed by atoms with van der Waals surface area (Å²) in [6.45, 7) is 4.76. The maximum absolute atomic E-state index is 6.35. The molecule has 0 radical (unpaired) electrons. The molecule has 2 nitrogen and oxygen atoms in total. The molecule has 0 saturated carbocycles. The third kappa shape index (κ3) is 2.56. The summed E-state index contributed by atoms with van der Waals surface area (Å²) in [6, 6.07) is 41.8. The standard InChI is InChI=1S/C37H25NO/c1-37(2)29-16-8-5-14-27(29)34-35(37)26-13-4-3-12-25(26)33-28-15-6-9-17-30(28)38(36(33)34)22-19-20-24-23-11-7-10-18-31(23)39-32(24)21-22/h3-21H,1-2H3. The summed E-state index contributed by atoms with van der Waals surface area (Å²) < 4.78 is 8.83. The fraction of sp³-hybridized carbons (Fsp3) is 0.0811. The van der Waals surface area contributed by atoms with Gasteiger partial charge in [0.05, 0.1) is 11.0 Å². The Morgan fingerprint density at radius 2 is 1.26 bits per heavy atom. The maximum Gasteiger partial charge on any atom is 0.137 e. The lowest BCUT2D eigenvalue weighted by molar-refractivity contribution is 0.666. The van der Waals surface area contributed by atoms with Crippen molar-refractivity contribution in [1.82, 2.24) is 4.57 Å². The minimum atomic E-state index is -0.107. The highest BCUT2D eigenvalue weighted by atomic mass is 16.3. The van der Waals surface area contributed by atoms with Gasteiger partial charge in [0.2, 0.25) is 0 Å². The molecule has 2 heterocycles. The molecule has 0 atom stereocenters. The number of rotatable bonds is 1. The number of hydrogen-bond donors (Lipinski definition) is 0. The van der Waals surface area contributed by atoms with Crippen molar-refractivity contribution in [1.29, 1.82) is 0 Å². The maximum atomic E-state index is 6.35. The van der Waals surface area contributed by atoms with Crippen LogP contribution in [0.2, 0.25) is 0 Å². The van der Waals surface area contributed by atoms with E-state index in [2.05, 4.69) is 122 Å². The molecule has 6 aromatic carbocycles. The lowest BCUT2D eigenvalue weighted by atomic mass is 9.79. The first-order valence-electron chi connectivity index (χ1n) is 13.6. The van der Waals surface area contributed by atoms with E-state index in [0.717, 1.165) is 27.6 Å². The summed E-state index contributed by atoms with van der Waals surface area (Å²) in [5.74, 6) is 0. The lowest BCUT2D eigenvalue weighted by Gasteiger charge is -2.24. The number of benzene rings is 6. The van der Waals surface area contributed by atoms with Gasteiger partial charge in [-0.2, -0.15) is 0 Å². The van der Waals surface area contributed by atoms with Gasteiger partial charge in [-0.1, -0.05) is 98.8 Å². The number of furan rings is 1. The van der Waals surface area contributed by atoms with Gasteiger partial charge >= 0.3 is 0 Å². The van der Waals surface area contributed by atoms with Gasteiger partial charge in [-0.3, -0.25) is 0 Å². The minimum absolute atomic E-state index is 0.107. The summed E-state index contributed by atoms with van der Waals surface area (Å²) >= 11 is 0. The third-order valence-electron chi connectivity index (χ3n) is 8.94. The Bertz CT molecular complexity index is 2310. The van der Waals surface area contributed by atoms with Gasteiger partial charge in [-0.05, 0) is 51.7 Å². The van der Waals surface area contributed by atoms with Crippen LogP contribution >= 0.6 is 0 Å². The molecule has 2 aromatic heterocycles. The molecule has 184 valence electrons. The van der Waals surface area contributed by atoms with E-state index in [-0.39, 0.29) is 5.41 Å². The molecule has 0 N–H and O–H groups in total. The van der Waals surface area contributed by atoms with Gasteiger partial charge in [0.1, 0.15) is 11.2 Å². The Labute approximate surface area is 225 Å². The third-order valence-corrected chi connectivity index (χ3v) is 8.94.